The van der Waals surface area contributed by atoms with Crippen LogP contribution >= 0.6 is 0 Å². The summed E-state index contributed by atoms with van der Waals surface area (Å²) in [4.78, 5) is 25.2. The van der Waals surface area contributed by atoms with Gasteiger partial charge >= 0.3 is 0 Å². The van der Waals surface area contributed by atoms with E-state index in [0.717, 1.165) is 0 Å². The Morgan fingerprint density at radius 3 is 2.22 bits per heavy atom. The number of hydrogen-bond donors (Lipinski definition) is 2. The van der Waals surface area contributed by atoms with Crippen LogP contribution in [0.25, 0.3) is 0 Å². The third-order valence-corrected chi connectivity index (χ3v) is 3.27. The van der Waals surface area contributed by atoms with Crippen molar-refractivity contribution in [2.24, 2.45) is 5.41 Å². The van der Waals surface area contributed by atoms with E-state index < -0.39 is 11.0 Å². The zero-order valence-corrected chi connectivity index (χ0v) is 11.7. The summed E-state index contributed by atoms with van der Waals surface area (Å²) in [7, 11) is 0. The van der Waals surface area contributed by atoms with Crippen LogP contribution in [0.3, 0.4) is 0 Å². The Balaban J connectivity index is 2.37. The highest BCUT2D eigenvalue weighted by molar-refractivity contribution is 5.87. The minimum Gasteiger partial charge on any atom is -0.390 e. The topological polar surface area (TPSA) is 69.6 Å². The van der Waals surface area contributed by atoms with Crippen LogP contribution in [0.4, 0.5) is 0 Å². The summed E-state index contributed by atoms with van der Waals surface area (Å²) >= 11 is 0. The Morgan fingerprint density at radius 2 is 1.78 bits per heavy atom. The van der Waals surface area contributed by atoms with Crippen molar-refractivity contribution in [3.05, 3.63) is 0 Å². The number of piperidine rings is 1. The molecule has 0 saturated carbocycles. The van der Waals surface area contributed by atoms with E-state index in [9.17, 15) is 14.7 Å². The van der Waals surface area contributed by atoms with Gasteiger partial charge in [-0.3, -0.25) is 9.59 Å². The summed E-state index contributed by atoms with van der Waals surface area (Å²) in [6.45, 7) is 8.36. The van der Waals surface area contributed by atoms with Crippen LogP contribution in [-0.4, -0.2) is 47.1 Å². The predicted molar refractivity (Wildman–Crippen MR) is 68.9 cm³/mol. The molecule has 5 nitrogen and oxygen atoms in total. The van der Waals surface area contributed by atoms with Crippen molar-refractivity contribution in [2.45, 2.75) is 46.1 Å². The molecule has 0 spiro atoms. The van der Waals surface area contributed by atoms with Gasteiger partial charge < -0.3 is 15.3 Å². The van der Waals surface area contributed by atoms with Gasteiger partial charge in [0.15, 0.2) is 0 Å². The standard InChI is InChI=1S/C13H24N2O3/c1-12(2,3)11(17)14-9-10(16)15-7-5-13(4,18)6-8-15/h18H,5-9H2,1-4H3,(H,14,17). The van der Waals surface area contributed by atoms with Crippen LogP contribution in [0.1, 0.15) is 40.5 Å². The lowest BCUT2D eigenvalue weighted by Gasteiger charge is -2.35. The van der Waals surface area contributed by atoms with Gasteiger partial charge in [0.05, 0.1) is 12.1 Å². The van der Waals surface area contributed by atoms with E-state index in [2.05, 4.69) is 5.32 Å². The van der Waals surface area contributed by atoms with E-state index in [-0.39, 0.29) is 18.4 Å². The molecule has 1 rings (SSSR count). The quantitative estimate of drug-likeness (QED) is 0.757. The summed E-state index contributed by atoms with van der Waals surface area (Å²) in [6.07, 6.45) is 1.18. The molecule has 1 aliphatic heterocycles. The second-order valence-corrected chi connectivity index (χ2v) is 6.31. The van der Waals surface area contributed by atoms with Crippen molar-refractivity contribution in [2.75, 3.05) is 19.6 Å². The number of likely N-dealkylation sites (tertiary alicyclic amines) is 1. The first-order chi connectivity index (χ1) is 8.12. The molecule has 0 aliphatic carbocycles. The smallest absolute Gasteiger partial charge is 0.241 e. The number of carbonyl (C=O) groups excluding carboxylic acids is 2. The molecule has 1 fully saturated rings. The fourth-order valence-electron chi connectivity index (χ4n) is 1.77. The molecule has 1 heterocycles. The van der Waals surface area contributed by atoms with Crippen LogP contribution in [0.15, 0.2) is 0 Å². The van der Waals surface area contributed by atoms with E-state index in [4.69, 9.17) is 0 Å². The summed E-state index contributed by atoms with van der Waals surface area (Å²) in [5, 5.41) is 12.4. The third kappa shape index (κ3) is 4.29. The molecular weight excluding hydrogens is 232 g/mol. The second-order valence-electron chi connectivity index (χ2n) is 6.31. The summed E-state index contributed by atoms with van der Waals surface area (Å²) in [5.41, 5.74) is -1.14. The Bertz CT molecular complexity index is 322. The summed E-state index contributed by atoms with van der Waals surface area (Å²) in [5.74, 6) is -0.206. The van der Waals surface area contributed by atoms with E-state index >= 15 is 0 Å². The third-order valence-electron chi connectivity index (χ3n) is 3.27. The first-order valence-corrected chi connectivity index (χ1v) is 6.40. The summed E-state index contributed by atoms with van der Waals surface area (Å²) in [6, 6.07) is 0. The van der Waals surface area contributed by atoms with Gasteiger partial charge in [0.25, 0.3) is 0 Å². The van der Waals surface area contributed by atoms with Gasteiger partial charge in [-0.05, 0) is 19.8 Å². The fourth-order valence-corrected chi connectivity index (χ4v) is 1.77. The largest absolute Gasteiger partial charge is 0.390 e. The molecule has 0 bridgehead atoms. The average Bonchev–Trinajstić information content (AvgIpc) is 2.24. The van der Waals surface area contributed by atoms with E-state index in [0.29, 0.717) is 25.9 Å². The zero-order chi connectivity index (χ0) is 14.0. The first kappa shape index (κ1) is 15.0. The van der Waals surface area contributed by atoms with Gasteiger partial charge in [-0.2, -0.15) is 0 Å². The van der Waals surface area contributed by atoms with Crippen LogP contribution < -0.4 is 5.32 Å². The first-order valence-electron chi connectivity index (χ1n) is 6.40. The van der Waals surface area contributed by atoms with Crippen molar-refractivity contribution >= 4 is 11.8 Å². The average molecular weight is 256 g/mol. The molecule has 0 aromatic heterocycles. The molecule has 2 amide bonds. The van der Waals surface area contributed by atoms with Crippen molar-refractivity contribution < 1.29 is 14.7 Å². The van der Waals surface area contributed by atoms with Crippen LogP contribution in [-0.2, 0) is 9.59 Å². The number of aliphatic hydroxyl groups is 1. The SMILES string of the molecule is CC1(O)CCN(C(=O)CNC(=O)C(C)(C)C)CC1. The lowest BCUT2D eigenvalue weighted by atomic mass is 9.94. The number of carbonyl (C=O) groups is 2. The van der Waals surface area contributed by atoms with Gasteiger partial charge in [0.2, 0.25) is 11.8 Å². The molecule has 2 N–H and O–H groups in total. The maximum absolute atomic E-state index is 11.9. The Kier molecular flexibility index (Phi) is 4.37. The Hall–Kier alpha value is -1.10. The van der Waals surface area contributed by atoms with Crippen molar-refractivity contribution in [1.29, 1.82) is 0 Å². The fraction of sp³-hybridized carbons (Fsp3) is 0.846. The molecular formula is C13H24N2O3. The molecule has 18 heavy (non-hydrogen) atoms. The van der Waals surface area contributed by atoms with Crippen molar-refractivity contribution in [1.82, 2.24) is 10.2 Å². The monoisotopic (exact) mass is 256 g/mol. The summed E-state index contributed by atoms with van der Waals surface area (Å²) < 4.78 is 0. The van der Waals surface area contributed by atoms with E-state index in [1.54, 1.807) is 11.8 Å². The van der Waals surface area contributed by atoms with Crippen LogP contribution in [0, 0.1) is 5.41 Å². The van der Waals surface area contributed by atoms with Crippen LogP contribution in [0.2, 0.25) is 0 Å². The predicted octanol–water partition coefficient (Wildman–Crippen LogP) is 0.522. The molecule has 0 unspecified atom stereocenters. The molecule has 0 atom stereocenters. The Morgan fingerprint density at radius 1 is 1.28 bits per heavy atom. The van der Waals surface area contributed by atoms with E-state index in [1.807, 2.05) is 20.8 Å². The van der Waals surface area contributed by atoms with Crippen molar-refractivity contribution in [3.63, 3.8) is 0 Å². The molecule has 1 saturated heterocycles. The molecule has 1 aliphatic rings. The second kappa shape index (κ2) is 5.26. The number of hydrogen-bond acceptors (Lipinski definition) is 3. The number of amides is 2. The van der Waals surface area contributed by atoms with Gasteiger partial charge in [0.1, 0.15) is 0 Å². The Labute approximate surface area is 109 Å². The number of rotatable bonds is 2. The highest BCUT2D eigenvalue weighted by Crippen LogP contribution is 2.21. The lowest BCUT2D eigenvalue weighted by molar-refractivity contribution is -0.137. The normalized spacial score (nSPS) is 19.5. The molecule has 0 aromatic carbocycles. The van der Waals surface area contributed by atoms with Gasteiger partial charge in [-0.25, -0.2) is 0 Å². The number of nitrogens with one attached hydrogen (secondary N) is 1. The van der Waals surface area contributed by atoms with Gasteiger partial charge in [0, 0.05) is 18.5 Å². The minimum absolute atomic E-state index is 0.0399. The molecule has 0 radical (unpaired) electrons. The maximum Gasteiger partial charge on any atom is 0.241 e. The zero-order valence-electron chi connectivity index (χ0n) is 11.7. The van der Waals surface area contributed by atoms with Crippen molar-refractivity contribution in [3.8, 4) is 0 Å². The number of nitrogens with zero attached hydrogens (tertiary/aromatic N) is 1. The maximum atomic E-state index is 11.9. The van der Waals surface area contributed by atoms with E-state index in [1.165, 1.54) is 0 Å². The molecule has 104 valence electrons. The highest BCUT2D eigenvalue weighted by Gasteiger charge is 2.30. The van der Waals surface area contributed by atoms with Crippen LogP contribution in [0.5, 0.6) is 0 Å². The van der Waals surface area contributed by atoms with Gasteiger partial charge in [-0.1, -0.05) is 20.8 Å². The molecule has 0 aromatic rings. The minimum atomic E-state index is -0.661. The lowest BCUT2D eigenvalue weighted by Crippen LogP contribution is -2.49. The highest BCUT2D eigenvalue weighted by atomic mass is 16.3. The molecule has 5 heteroatoms. The van der Waals surface area contributed by atoms with Gasteiger partial charge in [-0.15, -0.1) is 0 Å².